The van der Waals surface area contributed by atoms with Gasteiger partial charge in [-0.25, -0.2) is 4.79 Å². The molecule has 4 heteroatoms. The van der Waals surface area contributed by atoms with Gasteiger partial charge in [0.1, 0.15) is 0 Å². The van der Waals surface area contributed by atoms with Crippen LogP contribution in [0.3, 0.4) is 0 Å². The van der Waals surface area contributed by atoms with E-state index < -0.39 is 12.1 Å². The SMILES string of the molecule is CCCCN(C(=O)C1Cc2ccccc2C(=O)O1)c1ccccc1. The Morgan fingerprint density at radius 3 is 2.58 bits per heavy atom. The van der Waals surface area contributed by atoms with E-state index >= 15 is 0 Å². The first kappa shape index (κ1) is 16.2. The summed E-state index contributed by atoms with van der Waals surface area (Å²) in [4.78, 5) is 26.9. The third-order valence-corrected chi connectivity index (χ3v) is 4.24. The van der Waals surface area contributed by atoms with Crippen LogP contribution in [-0.4, -0.2) is 24.5 Å². The van der Waals surface area contributed by atoms with Crippen molar-refractivity contribution < 1.29 is 14.3 Å². The number of benzene rings is 2. The van der Waals surface area contributed by atoms with Gasteiger partial charge >= 0.3 is 5.97 Å². The van der Waals surface area contributed by atoms with E-state index in [0.29, 0.717) is 18.5 Å². The Morgan fingerprint density at radius 1 is 1.12 bits per heavy atom. The minimum Gasteiger partial charge on any atom is -0.448 e. The Labute approximate surface area is 142 Å². The molecule has 2 aromatic rings. The Morgan fingerprint density at radius 2 is 1.83 bits per heavy atom. The summed E-state index contributed by atoms with van der Waals surface area (Å²) in [6, 6.07) is 16.9. The molecule has 1 aliphatic rings. The summed E-state index contributed by atoms with van der Waals surface area (Å²) in [5.74, 6) is -0.573. The molecule has 0 bridgehead atoms. The molecule has 0 spiro atoms. The third kappa shape index (κ3) is 3.32. The van der Waals surface area contributed by atoms with Gasteiger partial charge in [0, 0.05) is 18.7 Å². The number of fused-ring (bicyclic) bond motifs is 1. The van der Waals surface area contributed by atoms with Gasteiger partial charge in [-0.3, -0.25) is 4.79 Å². The second kappa shape index (κ2) is 7.30. The maximum absolute atomic E-state index is 13.0. The van der Waals surface area contributed by atoms with E-state index in [2.05, 4.69) is 6.92 Å². The number of carbonyl (C=O) groups is 2. The van der Waals surface area contributed by atoms with Crippen LogP contribution in [0.5, 0.6) is 0 Å². The topological polar surface area (TPSA) is 46.6 Å². The number of cyclic esters (lactones) is 1. The lowest BCUT2D eigenvalue weighted by Gasteiger charge is -2.30. The number of anilines is 1. The van der Waals surface area contributed by atoms with Crippen molar-refractivity contribution in [2.45, 2.75) is 32.3 Å². The van der Waals surface area contributed by atoms with Gasteiger partial charge in [0.25, 0.3) is 5.91 Å². The van der Waals surface area contributed by atoms with Crippen LogP contribution in [0, 0.1) is 0 Å². The van der Waals surface area contributed by atoms with Gasteiger partial charge < -0.3 is 9.64 Å². The van der Waals surface area contributed by atoms with Gasteiger partial charge in [-0.1, -0.05) is 49.7 Å². The van der Waals surface area contributed by atoms with E-state index in [9.17, 15) is 9.59 Å². The lowest BCUT2D eigenvalue weighted by molar-refractivity contribution is -0.127. The van der Waals surface area contributed by atoms with E-state index in [1.165, 1.54) is 0 Å². The normalized spacial score (nSPS) is 16.2. The average molecular weight is 323 g/mol. The summed E-state index contributed by atoms with van der Waals surface area (Å²) in [5, 5.41) is 0. The molecule has 4 nitrogen and oxygen atoms in total. The van der Waals surface area contributed by atoms with Gasteiger partial charge in [0.2, 0.25) is 0 Å². The number of hydrogen-bond donors (Lipinski definition) is 0. The van der Waals surface area contributed by atoms with E-state index in [1.807, 2.05) is 42.5 Å². The largest absolute Gasteiger partial charge is 0.448 e. The molecule has 24 heavy (non-hydrogen) atoms. The van der Waals surface area contributed by atoms with Crippen molar-refractivity contribution in [3.05, 3.63) is 65.7 Å². The van der Waals surface area contributed by atoms with Crippen molar-refractivity contribution in [1.82, 2.24) is 0 Å². The molecule has 0 radical (unpaired) electrons. The highest BCUT2D eigenvalue weighted by Crippen LogP contribution is 2.24. The monoisotopic (exact) mass is 323 g/mol. The Hall–Kier alpha value is -2.62. The van der Waals surface area contributed by atoms with Gasteiger partial charge in [-0.15, -0.1) is 0 Å². The zero-order chi connectivity index (χ0) is 16.9. The fraction of sp³-hybridized carbons (Fsp3) is 0.300. The highest BCUT2D eigenvalue weighted by molar-refractivity contribution is 6.01. The molecule has 0 aliphatic carbocycles. The minimum absolute atomic E-state index is 0.155. The van der Waals surface area contributed by atoms with Crippen LogP contribution in [0.2, 0.25) is 0 Å². The first-order chi connectivity index (χ1) is 11.7. The molecule has 0 saturated heterocycles. The second-order valence-corrected chi connectivity index (χ2v) is 5.93. The first-order valence-electron chi connectivity index (χ1n) is 8.36. The summed E-state index contributed by atoms with van der Waals surface area (Å²) in [5.41, 5.74) is 2.27. The fourth-order valence-electron chi connectivity index (χ4n) is 2.93. The van der Waals surface area contributed by atoms with E-state index in [-0.39, 0.29) is 5.91 Å². The van der Waals surface area contributed by atoms with Crippen molar-refractivity contribution in [2.75, 3.05) is 11.4 Å². The van der Waals surface area contributed by atoms with Gasteiger partial charge in [0.05, 0.1) is 5.56 Å². The Kier molecular flexibility index (Phi) is 4.94. The van der Waals surface area contributed by atoms with Crippen molar-refractivity contribution >= 4 is 17.6 Å². The maximum Gasteiger partial charge on any atom is 0.339 e. The molecule has 1 unspecified atom stereocenters. The number of carbonyl (C=O) groups excluding carboxylic acids is 2. The maximum atomic E-state index is 13.0. The Balaban J connectivity index is 1.84. The standard InChI is InChI=1S/C20H21NO3/c1-2-3-13-21(16-10-5-4-6-11-16)19(22)18-14-15-9-7-8-12-17(15)20(23)24-18/h4-12,18H,2-3,13-14H2,1H3. The quantitative estimate of drug-likeness (QED) is 0.790. The highest BCUT2D eigenvalue weighted by Gasteiger charge is 2.34. The number of esters is 1. The number of ether oxygens (including phenoxy) is 1. The molecule has 1 heterocycles. The molecular formula is C20H21NO3. The van der Waals surface area contributed by atoms with E-state index in [4.69, 9.17) is 4.74 Å². The lowest BCUT2D eigenvalue weighted by Crippen LogP contribution is -2.45. The molecule has 1 atom stereocenters. The van der Waals surface area contributed by atoms with Gasteiger partial charge in [-0.2, -0.15) is 0 Å². The van der Waals surface area contributed by atoms with Crippen LogP contribution >= 0.6 is 0 Å². The van der Waals surface area contributed by atoms with Crippen LogP contribution in [0.25, 0.3) is 0 Å². The number of rotatable bonds is 5. The van der Waals surface area contributed by atoms with Gasteiger partial charge in [-0.05, 0) is 30.2 Å². The van der Waals surface area contributed by atoms with Crippen LogP contribution in [0.1, 0.15) is 35.7 Å². The zero-order valence-electron chi connectivity index (χ0n) is 13.8. The molecule has 1 aliphatic heterocycles. The van der Waals surface area contributed by atoms with Crippen LogP contribution in [0.4, 0.5) is 5.69 Å². The van der Waals surface area contributed by atoms with E-state index in [0.717, 1.165) is 24.1 Å². The van der Waals surface area contributed by atoms with Crippen LogP contribution in [0.15, 0.2) is 54.6 Å². The third-order valence-electron chi connectivity index (χ3n) is 4.24. The minimum atomic E-state index is -0.760. The predicted molar refractivity (Wildman–Crippen MR) is 93.1 cm³/mol. The molecule has 1 amide bonds. The lowest BCUT2D eigenvalue weighted by atomic mass is 9.98. The smallest absolute Gasteiger partial charge is 0.339 e. The zero-order valence-corrected chi connectivity index (χ0v) is 13.8. The fourth-order valence-corrected chi connectivity index (χ4v) is 2.93. The molecule has 0 aromatic heterocycles. The van der Waals surface area contributed by atoms with Gasteiger partial charge in [0.15, 0.2) is 6.10 Å². The first-order valence-corrected chi connectivity index (χ1v) is 8.36. The molecule has 2 aromatic carbocycles. The summed E-state index contributed by atoms with van der Waals surface area (Å²) in [7, 11) is 0. The number of amides is 1. The summed E-state index contributed by atoms with van der Waals surface area (Å²) >= 11 is 0. The average Bonchev–Trinajstić information content (AvgIpc) is 2.63. The molecule has 3 rings (SSSR count). The molecular weight excluding hydrogens is 302 g/mol. The number of nitrogens with zero attached hydrogens (tertiary/aromatic N) is 1. The Bertz CT molecular complexity index is 727. The molecule has 0 fully saturated rings. The predicted octanol–water partition coefficient (Wildman–Crippen LogP) is 3.60. The van der Waals surface area contributed by atoms with Crippen LogP contribution in [-0.2, 0) is 16.0 Å². The summed E-state index contributed by atoms with van der Waals surface area (Å²) in [6.45, 7) is 2.71. The van der Waals surface area contributed by atoms with E-state index in [1.54, 1.807) is 17.0 Å². The van der Waals surface area contributed by atoms with Crippen molar-refractivity contribution in [2.24, 2.45) is 0 Å². The number of para-hydroxylation sites is 1. The highest BCUT2D eigenvalue weighted by atomic mass is 16.5. The van der Waals surface area contributed by atoms with Crippen molar-refractivity contribution in [3.8, 4) is 0 Å². The number of unbranched alkanes of at least 4 members (excludes halogenated alkanes) is 1. The molecule has 0 N–H and O–H groups in total. The summed E-state index contributed by atoms with van der Waals surface area (Å²) < 4.78 is 5.43. The summed E-state index contributed by atoms with van der Waals surface area (Å²) in [6.07, 6.45) is 1.56. The number of hydrogen-bond acceptors (Lipinski definition) is 3. The van der Waals surface area contributed by atoms with Crippen molar-refractivity contribution in [1.29, 1.82) is 0 Å². The molecule has 0 saturated carbocycles. The van der Waals surface area contributed by atoms with Crippen LogP contribution < -0.4 is 4.90 Å². The van der Waals surface area contributed by atoms with Crippen molar-refractivity contribution in [3.63, 3.8) is 0 Å². The molecule has 124 valence electrons. The second-order valence-electron chi connectivity index (χ2n) is 5.93.